The van der Waals surface area contributed by atoms with Crippen LogP contribution < -0.4 is 5.32 Å². The Labute approximate surface area is 188 Å². The first-order chi connectivity index (χ1) is 15.4. The van der Waals surface area contributed by atoms with Gasteiger partial charge in [0.1, 0.15) is 17.0 Å². The minimum Gasteiger partial charge on any atom is -0.460 e. The zero-order valence-corrected chi connectivity index (χ0v) is 19.1. The fourth-order valence-electron chi connectivity index (χ4n) is 5.25. The Morgan fingerprint density at radius 2 is 1.91 bits per heavy atom. The molecule has 1 atom stereocenters. The Bertz CT molecular complexity index is 1180. The Morgan fingerprint density at radius 3 is 2.66 bits per heavy atom. The van der Waals surface area contributed by atoms with Crippen LogP contribution in [0.2, 0.25) is 0 Å². The zero-order valence-electron chi connectivity index (χ0n) is 19.1. The van der Waals surface area contributed by atoms with Gasteiger partial charge in [0.25, 0.3) is 5.91 Å². The van der Waals surface area contributed by atoms with Gasteiger partial charge < -0.3 is 19.2 Å². The second kappa shape index (κ2) is 7.84. The number of hydrogen-bond acceptors (Lipinski definition) is 3. The van der Waals surface area contributed by atoms with Crippen LogP contribution in [-0.2, 0) is 17.9 Å². The Balaban J connectivity index is 1.55. The fourth-order valence-corrected chi connectivity index (χ4v) is 5.25. The van der Waals surface area contributed by atoms with Gasteiger partial charge in [-0.1, -0.05) is 43.5 Å². The van der Waals surface area contributed by atoms with Crippen molar-refractivity contribution < 1.29 is 14.0 Å². The lowest BCUT2D eigenvalue weighted by atomic mass is 9.90. The summed E-state index contributed by atoms with van der Waals surface area (Å²) in [6, 6.07) is 12.0. The summed E-state index contributed by atoms with van der Waals surface area (Å²) < 4.78 is 7.76. The second-order valence-electron chi connectivity index (χ2n) is 9.62. The van der Waals surface area contributed by atoms with Crippen molar-refractivity contribution in [3.05, 3.63) is 59.0 Å². The van der Waals surface area contributed by atoms with E-state index in [1.54, 1.807) is 4.90 Å². The number of benzene rings is 1. The first kappa shape index (κ1) is 20.9. The Morgan fingerprint density at radius 1 is 1.16 bits per heavy atom. The number of hydrogen-bond donors (Lipinski definition) is 1. The maximum absolute atomic E-state index is 13.8. The number of furan rings is 1. The number of amides is 2. The maximum atomic E-state index is 13.8. The molecule has 0 unspecified atom stereocenters. The minimum absolute atomic E-state index is 0.0703. The average Bonchev–Trinajstić information content (AvgIpc) is 3.30. The SMILES string of the molecule is Cc1cc2c(cc3n2C[C@@](C)(C(=O)NC2CCCCC2)N(Cc2ccccc2C)C3=O)o1. The minimum atomic E-state index is -0.999. The third-order valence-electron chi connectivity index (χ3n) is 7.26. The average molecular weight is 434 g/mol. The molecular formula is C26H31N3O3. The zero-order chi connectivity index (χ0) is 22.5. The van der Waals surface area contributed by atoms with Gasteiger partial charge in [0.15, 0.2) is 5.58 Å². The molecule has 0 spiro atoms. The number of carbonyl (C=O) groups excluding carboxylic acids is 2. The predicted molar refractivity (Wildman–Crippen MR) is 123 cm³/mol. The van der Waals surface area contributed by atoms with Crippen molar-refractivity contribution in [2.75, 3.05) is 0 Å². The van der Waals surface area contributed by atoms with Gasteiger partial charge in [0.05, 0.1) is 12.1 Å². The van der Waals surface area contributed by atoms with Crippen LogP contribution in [0, 0.1) is 13.8 Å². The van der Waals surface area contributed by atoms with E-state index in [1.165, 1.54) is 6.42 Å². The van der Waals surface area contributed by atoms with Gasteiger partial charge in [-0.25, -0.2) is 0 Å². The summed E-state index contributed by atoms with van der Waals surface area (Å²) in [6.07, 6.45) is 5.53. The Hall–Kier alpha value is -3.02. The van der Waals surface area contributed by atoms with Crippen LogP contribution in [0.25, 0.3) is 11.1 Å². The predicted octanol–water partition coefficient (Wildman–Crippen LogP) is 4.71. The molecule has 3 aromatic rings. The van der Waals surface area contributed by atoms with E-state index in [0.717, 1.165) is 48.1 Å². The molecule has 1 aliphatic carbocycles. The molecule has 0 radical (unpaired) electrons. The van der Waals surface area contributed by atoms with Crippen LogP contribution in [0.15, 0.2) is 40.8 Å². The van der Waals surface area contributed by atoms with Crippen LogP contribution in [0.1, 0.15) is 66.4 Å². The molecule has 6 heteroatoms. The largest absolute Gasteiger partial charge is 0.460 e. The molecule has 1 fully saturated rings. The van der Waals surface area contributed by atoms with Crippen molar-refractivity contribution in [2.45, 2.75) is 77.5 Å². The first-order valence-electron chi connectivity index (χ1n) is 11.6. The smallest absolute Gasteiger partial charge is 0.271 e. The van der Waals surface area contributed by atoms with E-state index in [2.05, 4.69) is 5.32 Å². The molecule has 2 aromatic heterocycles. The van der Waals surface area contributed by atoms with Crippen LogP contribution in [0.3, 0.4) is 0 Å². The molecule has 2 aliphatic rings. The quantitative estimate of drug-likeness (QED) is 0.648. The highest BCUT2D eigenvalue weighted by molar-refractivity contribution is 6.03. The topological polar surface area (TPSA) is 67.5 Å². The van der Waals surface area contributed by atoms with Gasteiger partial charge in [-0.15, -0.1) is 0 Å². The number of nitrogens with one attached hydrogen (secondary N) is 1. The molecule has 5 rings (SSSR count). The maximum Gasteiger partial charge on any atom is 0.271 e. The highest BCUT2D eigenvalue weighted by atomic mass is 16.3. The van der Waals surface area contributed by atoms with Gasteiger partial charge in [0.2, 0.25) is 5.91 Å². The van der Waals surface area contributed by atoms with Gasteiger partial charge in [-0.2, -0.15) is 0 Å². The monoisotopic (exact) mass is 433 g/mol. The van der Waals surface area contributed by atoms with Crippen LogP contribution in [0.4, 0.5) is 0 Å². The number of carbonyl (C=O) groups is 2. The fraction of sp³-hybridized carbons (Fsp3) is 0.462. The van der Waals surface area contributed by atoms with Crippen molar-refractivity contribution in [1.29, 1.82) is 0 Å². The van der Waals surface area contributed by atoms with Gasteiger partial charge >= 0.3 is 0 Å². The molecule has 168 valence electrons. The molecule has 1 aliphatic heterocycles. The second-order valence-corrected chi connectivity index (χ2v) is 9.62. The molecule has 32 heavy (non-hydrogen) atoms. The summed E-state index contributed by atoms with van der Waals surface area (Å²) in [5.41, 5.74) is 3.31. The highest BCUT2D eigenvalue weighted by Gasteiger charge is 2.48. The summed E-state index contributed by atoms with van der Waals surface area (Å²) >= 11 is 0. The third kappa shape index (κ3) is 3.42. The van der Waals surface area contributed by atoms with E-state index in [-0.39, 0.29) is 17.9 Å². The molecular weight excluding hydrogens is 402 g/mol. The van der Waals surface area contributed by atoms with E-state index in [0.29, 0.717) is 24.4 Å². The lowest BCUT2D eigenvalue weighted by Crippen LogP contribution is -2.64. The van der Waals surface area contributed by atoms with E-state index in [4.69, 9.17) is 4.42 Å². The number of rotatable bonds is 4. The summed E-state index contributed by atoms with van der Waals surface area (Å²) in [7, 11) is 0. The number of fused-ring (bicyclic) bond motifs is 3. The summed E-state index contributed by atoms with van der Waals surface area (Å²) in [5.74, 6) is 0.595. The molecule has 1 saturated carbocycles. The van der Waals surface area contributed by atoms with Crippen LogP contribution in [0.5, 0.6) is 0 Å². The lowest BCUT2D eigenvalue weighted by molar-refractivity contribution is -0.134. The molecule has 0 bridgehead atoms. The van der Waals surface area contributed by atoms with Crippen molar-refractivity contribution in [3.8, 4) is 0 Å². The van der Waals surface area contributed by atoms with Gasteiger partial charge in [-0.3, -0.25) is 9.59 Å². The molecule has 0 saturated heterocycles. The molecule has 2 amide bonds. The van der Waals surface area contributed by atoms with E-state index < -0.39 is 5.54 Å². The van der Waals surface area contributed by atoms with Crippen molar-refractivity contribution in [1.82, 2.24) is 14.8 Å². The summed E-state index contributed by atoms with van der Waals surface area (Å²) in [4.78, 5) is 29.3. The van der Waals surface area contributed by atoms with Gasteiger partial charge in [-0.05, 0) is 44.7 Å². The standard InChI is InChI=1S/C26H31N3O3/c1-17-9-7-8-10-19(17)15-29-24(30)22-14-23-21(13-18(2)32-23)28(22)16-26(29,3)25(31)27-20-11-5-4-6-12-20/h7-10,13-14,20H,4-6,11-12,15-16H2,1-3H3,(H,27,31)/t26-/m0/s1. The van der Waals surface area contributed by atoms with Crippen LogP contribution in [-0.4, -0.2) is 32.9 Å². The number of aryl methyl sites for hydroxylation is 2. The summed E-state index contributed by atoms with van der Waals surface area (Å²) in [6.45, 7) is 6.65. The molecule has 3 heterocycles. The lowest BCUT2D eigenvalue weighted by Gasteiger charge is -2.45. The van der Waals surface area contributed by atoms with E-state index >= 15 is 0 Å². The van der Waals surface area contributed by atoms with Gasteiger partial charge in [0, 0.05) is 24.7 Å². The number of aromatic nitrogens is 1. The van der Waals surface area contributed by atoms with Crippen molar-refractivity contribution in [3.63, 3.8) is 0 Å². The highest BCUT2D eigenvalue weighted by Crippen LogP contribution is 2.35. The van der Waals surface area contributed by atoms with E-state index in [1.807, 2.05) is 61.7 Å². The van der Waals surface area contributed by atoms with E-state index in [9.17, 15) is 9.59 Å². The molecule has 6 nitrogen and oxygen atoms in total. The first-order valence-corrected chi connectivity index (χ1v) is 11.6. The molecule has 1 N–H and O–H groups in total. The molecule has 1 aromatic carbocycles. The van der Waals surface area contributed by atoms with Crippen molar-refractivity contribution >= 4 is 22.9 Å². The Kier molecular flexibility index (Phi) is 5.11. The van der Waals surface area contributed by atoms with Crippen LogP contribution >= 0.6 is 0 Å². The summed E-state index contributed by atoms with van der Waals surface area (Å²) in [5, 5.41) is 3.29. The normalized spacial score (nSPS) is 21.7. The number of nitrogens with zero attached hydrogens (tertiary/aromatic N) is 2. The third-order valence-corrected chi connectivity index (χ3v) is 7.26. The van der Waals surface area contributed by atoms with Crippen molar-refractivity contribution in [2.24, 2.45) is 0 Å².